The lowest BCUT2D eigenvalue weighted by Gasteiger charge is -2.39. The summed E-state index contributed by atoms with van der Waals surface area (Å²) in [5.41, 5.74) is 1.70. The molecule has 1 fully saturated rings. The number of fused-ring (bicyclic) bond motifs is 1. The van der Waals surface area contributed by atoms with E-state index in [9.17, 15) is 9.59 Å². The molecule has 2 heteroatoms. The molecule has 2 nitrogen and oxygen atoms in total. The van der Waals surface area contributed by atoms with Crippen LogP contribution in [0.2, 0.25) is 0 Å². The topological polar surface area (TPSA) is 34.1 Å². The first-order chi connectivity index (χ1) is 6.55. The SMILES string of the molecule is CC1=C2CCCC(=O)C2(C)CCC1=O. The van der Waals surface area contributed by atoms with Gasteiger partial charge in [-0.25, -0.2) is 0 Å². The second-order valence-electron chi connectivity index (χ2n) is 4.64. The molecule has 2 aliphatic carbocycles. The molecule has 0 aliphatic heterocycles. The largest absolute Gasteiger partial charge is 0.299 e. The van der Waals surface area contributed by atoms with Crippen molar-refractivity contribution >= 4 is 11.6 Å². The van der Waals surface area contributed by atoms with E-state index >= 15 is 0 Å². The van der Waals surface area contributed by atoms with E-state index in [4.69, 9.17) is 0 Å². The van der Waals surface area contributed by atoms with Gasteiger partial charge in [0.15, 0.2) is 5.78 Å². The molecule has 0 bridgehead atoms. The predicted molar refractivity (Wildman–Crippen MR) is 53.9 cm³/mol. The maximum Gasteiger partial charge on any atom is 0.158 e. The third-order valence-electron chi connectivity index (χ3n) is 3.84. The number of allylic oxidation sites excluding steroid dienone is 2. The van der Waals surface area contributed by atoms with Gasteiger partial charge in [0.2, 0.25) is 0 Å². The van der Waals surface area contributed by atoms with Crippen molar-refractivity contribution in [3.8, 4) is 0 Å². The van der Waals surface area contributed by atoms with Gasteiger partial charge >= 0.3 is 0 Å². The fraction of sp³-hybridized carbons (Fsp3) is 0.667. The van der Waals surface area contributed by atoms with Gasteiger partial charge in [0.1, 0.15) is 5.78 Å². The summed E-state index contributed by atoms with van der Waals surface area (Å²) in [5, 5.41) is 0. The van der Waals surface area contributed by atoms with Crippen molar-refractivity contribution in [3.63, 3.8) is 0 Å². The molecule has 0 aromatic rings. The quantitative estimate of drug-likeness (QED) is 0.590. The molecule has 2 rings (SSSR count). The molecule has 0 saturated heterocycles. The van der Waals surface area contributed by atoms with Crippen molar-refractivity contribution in [1.82, 2.24) is 0 Å². The summed E-state index contributed by atoms with van der Waals surface area (Å²) in [5.74, 6) is 0.581. The Labute approximate surface area is 84.4 Å². The van der Waals surface area contributed by atoms with E-state index in [1.165, 1.54) is 0 Å². The van der Waals surface area contributed by atoms with Gasteiger partial charge in [0, 0.05) is 18.3 Å². The average Bonchev–Trinajstić information content (AvgIpc) is 2.16. The van der Waals surface area contributed by atoms with Gasteiger partial charge in [0.25, 0.3) is 0 Å². The van der Waals surface area contributed by atoms with Gasteiger partial charge < -0.3 is 0 Å². The zero-order valence-corrected chi connectivity index (χ0v) is 8.85. The Bertz CT molecular complexity index is 338. The van der Waals surface area contributed by atoms with Crippen LogP contribution in [0.3, 0.4) is 0 Å². The molecule has 1 unspecified atom stereocenters. The Kier molecular flexibility index (Phi) is 2.09. The minimum Gasteiger partial charge on any atom is -0.299 e. The maximum absolute atomic E-state index is 11.9. The first-order valence-corrected chi connectivity index (χ1v) is 5.32. The molecule has 0 aromatic carbocycles. The lowest BCUT2D eigenvalue weighted by molar-refractivity contribution is -0.129. The maximum atomic E-state index is 11.9. The third kappa shape index (κ3) is 1.17. The minimum absolute atomic E-state index is 0.243. The second-order valence-corrected chi connectivity index (χ2v) is 4.64. The van der Waals surface area contributed by atoms with Gasteiger partial charge in [0.05, 0.1) is 0 Å². The lowest BCUT2D eigenvalue weighted by atomic mass is 9.63. The van der Waals surface area contributed by atoms with E-state index in [1.54, 1.807) is 0 Å². The number of Topliss-reactive ketones (excluding diaryl/α,β-unsaturated/α-hetero) is 2. The number of carbonyl (C=O) groups excluding carboxylic acids is 2. The first-order valence-electron chi connectivity index (χ1n) is 5.32. The number of hydrogen-bond acceptors (Lipinski definition) is 2. The van der Waals surface area contributed by atoms with Crippen LogP contribution < -0.4 is 0 Å². The van der Waals surface area contributed by atoms with Crippen LogP contribution in [0.25, 0.3) is 0 Å². The summed E-state index contributed by atoms with van der Waals surface area (Å²) < 4.78 is 0. The number of hydrogen-bond donors (Lipinski definition) is 0. The summed E-state index contributed by atoms with van der Waals surface area (Å²) in [7, 11) is 0. The fourth-order valence-corrected chi connectivity index (χ4v) is 2.76. The second kappa shape index (κ2) is 3.04. The Hall–Kier alpha value is -0.920. The number of rotatable bonds is 0. The fourth-order valence-electron chi connectivity index (χ4n) is 2.76. The summed E-state index contributed by atoms with van der Waals surface area (Å²) in [6.07, 6.45) is 3.85. The molecule has 0 spiro atoms. The zero-order chi connectivity index (χ0) is 10.3. The molecular weight excluding hydrogens is 176 g/mol. The van der Waals surface area contributed by atoms with Crippen LogP contribution in [0.4, 0.5) is 0 Å². The van der Waals surface area contributed by atoms with Crippen LogP contribution in [0, 0.1) is 5.41 Å². The van der Waals surface area contributed by atoms with E-state index in [0.29, 0.717) is 18.6 Å². The number of ketones is 2. The standard InChI is InChI=1S/C12H16O2/c1-8-9-4-3-5-11(14)12(9,2)7-6-10(8)13/h3-7H2,1-2H3. The van der Waals surface area contributed by atoms with Crippen LogP contribution in [0.15, 0.2) is 11.1 Å². The molecule has 0 amide bonds. The Morgan fingerprint density at radius 3 is 2.57 bits per heavy atom. The van der Waals surface area contributed by atoms with Crippen molar-refractivity contribution in [2.75, 3.05) is 0 Å². The highest BCUT2D eigenvalue weighted by atomic mass is 16.1. The van der Waals surface area contributed by atoms with E-state index in [1.807, 2.05) is 13.8 Å². The molecule has 1 atom stereocenters. The highest BCUT2D eigenvalue weighted by Gasteiger charge is 2.43. The monoisotopic (exact) mass is 192 g/mol. The first kappa shape index (κ1) is 9.63. The van der Waals surface area contributed by atoms with Crippen LogP contribution in [-0.2, 0) is 9.59 Å². The molecular formula is C12H16O2. The molecule has 76 valence electrons. The van der Waals surface area contributed by atoms with Crippen molar-refractivity contribution in [2.24, 2.45) is 5.41 Å². The Morgan fingerprint density at radius 1 is 1.14 bits per heavy atom. The molecule has 0 N–H and O–H groups in total. The number of carbonyl (C=O) groups is 2. The highest BCUT2D eigenvalue weighted by molar-refractivity contribution is 6.01. The predicted octanol–water partition coefficient (Wildman–Crippen LogP) is 2.43. The van der Waals surface area contributed by atoms with Gasteiger partial charge in [-0.3, -0.25) is 9.59 Å². The minimum atomic E-state index is -0.295. The van der Waals surface area contributed by atoms with Gasteiger partial charge in [-0.1, -0.05) is 5.57 Å². The van der Waals surface area contributed by atoms with Crippen LogP contribution in [-0.4, -0.2) is 11.6 Å². The summed E-state index contributed by atoms with van der Waals surface area (Å²) in [6, 6.07) is 0. The van der Waals surface area contributed by atoms with Crippen LogP contribution >= 0.6 is 0 Å². The summed E-state index contributed by atoms with van der Waals surface area (Å²) >= 11 is 0. The highest BCUT2D eigenvalue weighted by Crippen LogP contribution is 2.46. The third-order valence-corrected chi connectivity index (χ3v) is 3.84. The van der Waals surface area contributed by atoms with Gasteiger partial charge in [-0.15, -0.1) is 0 Å². The molecule has 0 radical (unpaired) electrons. The van der Waals surface area contributed by atoms with Crippen molar-refractivity contribution in [1.29, 1.82) is 0 Å². The Balaban J connectivity index is 2.50. The van der Waals surface area contributed by atoms with Crippen LogP contribution in [0.5, 0.6) is 0 Å². The van der Waals surface area contributed by atoms with E-state index in [-0.39, 0.29) is 11.2 Å². The van der Waals surface area contributed by atoms with E-state index in [2.05, 4.69) is 0 Å². The zero-order valence-electron chi connectivity index (χ0n) is 8.85. The molecule has 1 saturated carbocycles. The Morgan fingerprint density at radius 2 is 1.86 bits per heavy atom. The summed E-state index contributed by atoms with van der Waals surface area (Å²) in [4.78, 5) is 23.4. The summed E-state index contributed by atoms with van der Waals surface area (Å²) in [6.45, 7) is 3.90. The normalized spacial score (nSPS) is 33.3. The smallest absolute Gasteiger partial charge is 0.158 e. The van der Waals surface area contributed by atoms with Crippen molar-refractivity contribution in [2.45, 2.75) is 46.0 Å². The van der Waals surface area contributed by atoms with Gasteiger partial charge in [-0.2, -0.15) is 0 Å². The molecule has 0 aromatic heterocycles. The molecule has 2 aliphatic rings. The van der Waals surface area contributed by atoms with E-state index in [0.717, 1.165) is 30.4 Å². The molecule has 14 heavy (non-hydrogen) atoms. The van der Waals surface area contributed by atoms with E-state index < -0.39 is 0 Å². The molecule has 0 heterocycles. The van der Waals surface area contributed by atoms with Crippen molar-refractivity contribution in [3.05, 3.63) is 11.1 Å². The van der Waals surface area contributed by atoms with Crippen LogP contribution in [0.1, 0.15) is 46.0 Å². The van der Waals surface area contributed by atoms with Crippen molar-refractivity contribution < 1.29 is 9.59 Å². The van der Waals surface area contributed by atoms with Gasteiger partial charge in [-0.05, 0) is 38.7 Å². The lowest BCUT2D eigenvalue weighted by Crippen LogP contribution is -2.38. The average molecular weight is 192 g/mol.